The third kappa shape index (κ3) is 1.45. The molecule has 0 heterocycles. The first kappa shape index (κ1) is 9.64. The molecule has 0 spiro atoms. The van der Waals surface area contributed by atoms with Crippen LogP contribution in [0.4, 0.5) is 5.69 Å². The van der Waals surface area contributed by atoms with Crippen LogP contribution >= 0.6 is 0 Å². The Bertz CT molecular complexity index is 412. The Balaban J connectivity index is 1.87. The Morgan fingerprint density at radius 1 is 1.12 bits per heavy atom. The molecule has 3 unspecified atom stereocenters. The summed E-state index contributed by atoms with van der Waals surface area (Å²) in [6, 6.07) is 10.3. The van der Waals surface area contributed by atoms with Crippen LogP contribution in [0.1, 0.15) is 12.8 Å². The van der Waals surface area contributed by atoms with Crippen molar-refractivity contribution in [2.75, 3.05) is 4.90 Å². The van der Waals surface area contributed by atoms with Gasteiger partial charge in [0.05, 0.1) is 0 Å². The van der Waals surface area contributed by atoms with Gasteiger partial charge in [0.1, 0.15) is 0 Å². The van der Waals surface area contributed by atoms with Crippen LogP contribution in [0.15, 0.2) is 42.5 Å². The topological polar surface area (TPSA) is 20.3 Å². The molecule has 2 nitrogen and oxygen atoms in total. The molecule has 0 aromatic heterocycles. The first-order chi connectivity index (χ1) is 7.88. The van der Waals surface area contributed by atoms with E-state index in [4.69, 9.17) is 0 Å². The Kier molecular flexibility index (Phi) is 2.28. The summed E-state index contributed by atoms with van der Waals surface area (Å²) < 4.78 is 0. The minimum absolute atomic E-state index is 0.370. The van der Waals surface area contributed by atoms with Crippen LogP contribution in [-0.4, -0.2) is 12.5 Å². The van der Waals surface area contributed by atoms with Gasteiger partial charge in [-0.25, -0.2) is 0 Å². The van der Waals surface area contributed by atoms with E-state index >= 15 is 0 Å². The van der Waals surface area contributed by atoms with E-state index < -0.39 is 0 Å². The molecule has 82 valence electrons. The van der Waals surface area contributed by atoms with Crippen LogP contribution in [-0.2, 0) is 4.79 Å². The molecule has 2 aliphatic rings. The van der Waals surface area contributed by atoms with Crippen molar-refractivity contribution in [3.8, 4) is 0 Å². The van der Waals surface area contributed by atoms with Crippen molar-refractivity contribution in [2.24, 2.45) is 11.8 Å². The molecule has 0 N–H and O–H groups in total. The lowest BCUT2D eigenvalue weighted by molar-refractivity contribution is -0.108. The highest BCUT2D eigenvalue weighted by Crippen LogP contribution is 2.42. The van der Waals surface area contributed by atoms with E-state index in [9.17, 15) is 4.79 Å². The lowest BCUT2D eigenvalue weighted by Crippen LogP contribution is -2.37. The van der Waals surface area contributed by atoms with Gasteiger partial charge in [0, 0.05) is 11.7 Å². The first-order valence-corrected chi connectivity index (χ1v) is 5.85. The smallest absolute Gasteiger partial charge is 0.214 e. The second kappa shape index (κ2) is 3.78. The number of para-hydroxylation sites is 1. The van der Waals surface area contributed by atoms with Gasteiger partial charge in [0.15, 0.2) is 0 Å². The fourth-order valence-electron chi connectivity index (χ4n) is 3.00. The number of anilines is 1. The van der Waals surface area contributed by atoms with Gasteiger partial charge in [-0.3, -0.25) is 4.79 Å². The van der Waals surface area contributed by atoms with E-state index in [2.05, 4.69) is 12.2 Å². The maximum Gasteiger partial charge on any atom is 0.214 e. The molecule has 0 aliphatic heterocycles. The van der Waals surface area contributed by atoms with Gasteiger partial charge >= 0.3 is 0 Å². The molecule has 3 atom stereocenters. The van der Waals surface area contributed by atoms with Crippen molar-refractivity contribution >= 4 is 12.1 Å². The van der Waals surface area contributed by atoms with Crippen LogP contribution in [0, 0.1) is 11.8 Å². The maximum absolute atomic E-state index is 11.3. The second-order valence-corrected chi connectivity index (χ2v) is 4.70. The van der Waals surface area contributed by atoms with Crippen molar-refractivity contribution < 1.29 is 4.79 Å². The number of amides is 1. The first-order valence-electron chi connectivity index (χ1n) is 5.85. The van der Waals surface area contributed by atoms with Gasteiger partial charge in [0.2, 0.25) is 6.41 Å². The fraction of sp³-hybridized carbons (Fsp3) is 0.357. The van der Waals surface area contributed by atoms with E-state index in [0.717, 1.165) is 18.5 Å². The van der Waals surface area contributed by atoms with Gasteiger partial charge in [-0.05, 0) is 36.8 Å². The van der Waals surface area contributed by atoms with Gasteiger partial charge < -0.3 is 4.90 Å². The maximum atomic E-state index is 11.3. The molecular weight excluding hydrogens is 198 g/mol. The third-order valence-corrected chi connectivity index (χ3v) is 3.77. The largest absolute Gasteiger partial charge is 0.311 e. The van der Waals surface area contributed by atoms with Crippen LogP contribution in [0.3, 0.4) is 0 Å². The number of allylic oxidation sites excluding steroid dienone is 1. The summed E-state index contributed by atoms with van der Waals surface area (Å²) >= 11 is 0. The van der Waals surface area contributed by atoms with Crippen LogP contribution < -0.4 is 4.90 Å². The molecule has 1 fully saturated rings. The number of benzene rings is 1. The number of carbonyl (C=O) groups is 1. The van der Waals surface area contributed by atoms with Crippen molar-refractivity contribution in [1.82, 2.24) is 0 Å². The predicted octanol–water partition coefficient (Wildman–Crippen LogP) is 2.61. The molecule has 3 rings (SSSR count). The number of hydrogen-bond donors (Lipinski definition) is 0. The molecule has 2 heteroatoms. The van der Waals surface area contributed by atoms with E-state index in [-0.39, 0.29) is 0 Å². The molecule has 0 radical (unpaired) electrons. The minimum atomic E-state index is 0.370. The lowest BCUT2D eigenvalue weighted by atomic mass is 10.00. The van der Waals surface area contributed by atoms with Gasteiger partial charge in [0.25, 0.3) is 0 Å². The van der Waals surface area contributed by atoms with Crippen LogP contribution in [0.25, 0.3) is 0 Å². The zero-order valence-electron chi connectivity index (χ0n) is 9.12. The Morgan fingerprint density at radius 2 is 1.94 bits per heavy atom. The summed E-state index contributed by atoms with van der Waals surface area (Å²) in [5.74, 6) is 1.26. The molecule has 16 heavy (non-hydrogen) atoms. The summed E-state index contributed by atoms with van der Waals surface area (Å²) in [6.45, 7) is 0. The molecule has 0 saturated heterocycles. The van der Waals surface area contributed by atoms with Gasteiger partial charge in [-0.1, -0.05) is 30.4 Å². The van der Waals surface area contributed by atoms with Crippen LogP contribution in [0.2, 0.25) is 0 Å². The SMILES string of the molecule is O=CN(c1ccccc1)C1CC2C=CC1C2. The lowest BCUT2D eigenvalue weighted by Gasteiger charge is -2.29. The summed E-state index contributed by atoms with van der Waals surface area (Å²) in [7, 11) is 0. The molecule has 2 aliphatic carbocycles. The highest BCUT2D eigenvalue weighted by molar-refractivity contribution is 5.76. The van der Waals surface area contributed by atoms with E-state index in [1.807, 2.05) is 35.2 Å². The van der Waals surface area contributed by atoms with E-state index in [0.29, 0.717) is 17.9 Å². The van der Waals surface area contributed by atoms with E-state index in [1.54, 1.807) is 0 Å². The summed E-state index contributed by atoms with van der Waals surface area (Å²) in [5.41, 5.74) is 1.02. The number of rotatable bonds is 3. The van der Waals surface area contributed by atoms with Gasteiger partial charge in [-0.15, -0.1) is 0 Å². The monoisotopic (exact) mass is 213 g/mol. The summed E-state index contributed by atoms with van der Waals surface area (Å²) in [4.78, 5) is 13.2. The van der Waals surface area contributed by atoms with Crippen molar-refractivity contribution in [3.63, 3.8) is 0 Å². The molecule has 1 aromatic rings. The Labute approximate surface area is 95.6 Å². The molecule has 2 bridgehead atoms. The Hall–Kier alpha value is -1.57. The zero-order valence-corrected chi connectivity index (χ0v) is 9.12. The van der Waals surface area contributed by atoms with Crippen molar-refractivity contribution in [2.45, 2.75) is 18.9 Å². The fourth-order valence-corrected chi connectivity index (χ4v) is 3.00. The Morgan fingerprint density at radius 3 is 2.50 bits per heavy atom. The van der Waals surface area contributed by atoms with Crippen molar-refractivity contribution in [1.29, 1.82) is 0 Å². The van der Waals surface area contributed by atoms with Crippen molar-refractivity contribution in [3.05, 3.63) is 42.5 Å². The molecular formula is C14H15NO. The number of nitrogens with zero attached hydrogens (tertiary/aromatic N) is 1. The van der Waals surface area contributed by atoms with Crippen LogP contribution in [0.5, 0.6) is 0 Å². The number of carbonyl (C=O) groups excluding carboxylic acids is 1. The minimum Gasteiger partial charge on any atom is -0.311 e. The quantitative estimate of drug-likeness (QED) is 0.558. The summed E-state index contributed by atoms with van der Waals surface area (Å²) in [6.07, 6.45) is 7.90. The average molecular weight is 213 g/mol. The average Bonchev–Trinajstić information content (AvgIpc) is 2.94. The second-order valence-electron chi connectivity index (χ2n) is 4.70. The van der Waals surface area contributed by atoms with E-state index in [1.165, 1.54) is 6.42 Å². The normalized spacial score (nSPS) is 30.6. The molecule has 1 aromatic carbocycles. The standard InChI is InChI=1S/C14H15NO/c16-10-15(13-4-2-1-3-5-13)14-9-11-6-7-12(14)8-11/h1-7,10-12,14H,8-9H2. The number of hydrogen-bond acceptors (Lipinski definition) is 1. The van der Waals surface area contributed by atoms with Gasteiger partial charge in [-0.2, -0.15) is 0 Å². The number of fused-ring (bicyclic) bond motifs is 2. The molecule has 1 saturated carbocycles. The highest BCUT2D eigenvalue weighted by atomic mass is 16.1. The summed E-state index contributed by atoms with van der Waals surface area (Å²) in [5, 5.41) is 0. The predicted molar refractivity (Wildman–Crippen MR) is 64.1 cm³/mol. The molecule has 1 amide bonds. The third-order valence-electron chi connectivity index (χ3n) is 3.77. The zero-order chi connectivity index (χ0) is 11.0. The highest BCUT2D eigenvalue weighted by Gasteiger charge is 2.39.